The third-order valence-corrected chi connectivity index (χ3v) is 5.70. The summed E-state index contributed by atoms with van der Waals surface area (Å²) in [5, 5.41) is 0.750. The normalized spacial score (nSPS) is 14.8. The second kappa shape index (κ2) is 5.99. The molecular weight excluding hydrogens is 471 g/mol. The smallest absolute Gasteiger partial charge is 0.127 e. The summed E-state index contributed by atoms with van der Waals surface area (Å²) in [4.78, 5) is 0.0277. The molecule has 20 heavy (non-hydrogen) atoms. The molecule has 0 aliphatic carbocycles. The van der Waals surface area contributed by atoms with Gasteiger partial charge in [0.05, 0.1) is 11.4 Å². The van der Waals surface area contributed by atoms with Gasteiger partial charge in [-0.25, -0.2) is 0 Å². The topological polar surface area (TPSA) is 9.23 Å². The summed E-state index contributed by atoms with van der Waals surface area (Å²) in [6.45, 7) is 0.724. The lowest BCUT2D eigenvalue weighted by Gasteiger charge is -2.17. The van der Waals surface area contributed by atoms with Crippen molar-refractivity contribution in [3.63, 3.8) is 0 Å². The Morgan fingerprint density at radius 1 is 1.10 bits per heavy atom. The first kappa shape index (κ1) is 14.9. The number of fused-ring (bicyclic) bond motifs is 1. The largest absolute Gasteiger partial charge is 0.493 e. The number of benzene rings is 2. The van der Waals surface area contributed by atoms with Crippen LogP contribution in [0, 0.1) is 0 Å². The molecule has 1 aliphatic heterocycles. The Labute approximate surface area is 148 Å². The van der Waals surface area contributed by atoms with Crippen molar-refractivity contribution in [1.82, 2.24) is 0 Å². The lowest BCUT2D eigenvalue weighted by atomic mass is 10.0. The monoisotopic (exact) mass is 478 g/mol. The van der Waals surface area contributed by atoms with Crippen molar-refractivity contribution in [3.05, 3.63) is 61.0 Å². The molecule has 0 aromatic heterocycles. The Kier molecular flexibility index (Phi) is 4.46. The van der Waals surface area contributed by atoms with Crippen LogP contribution in [0.4, 0.5) is 0 Å². The van der Waals surface area contributed by atoms with Crippen LogP contribution in [-0.2, 0) is 6.42 Å². The van der Waals surface area contributed by atoms with Crippen molar-refractivity contribution in [2.24, 2.45) is 0 Å². The van der Waals surface area contributed by atoms with Gasteiger partial charge in [0.25, 0.3) is 0 Å². The van der Waals surface area contributed by atoms with Crippen molar-refractivity contribution in [3.8, 4) is 5.75 Å². The van der Waals surface area contributed by atoms with E-state index < -0.39 is 0 Å². The number of ether oxygens (including phenoxy) is 1. The number of hydrogen-bond acceptors (Lipinski definition) is 1. The first-order chi connectivity index (χ1) is 9.56. The quantitative estimate of drug-likeness (QED) is 0.459. The van der Waals surface area contributed by atoms with E-state index in [4.69, 9.17) is 16.3 Å². The van der Waals surface area contributed by atoms with Gasteiger partial charge in [0.2, 0.25) is 0 Å². The zero-order valence-corrected chi connectivity index (χ0v) is 15.8. The Balaban J connectivity index is 2.11. The van der Waals surface area contributed by atoms with Crippen LogP contribution in [0.2, 0.25) is 5.02 Å². The Morgan fingerprint density at radius 2 is 1.90 bits per heavy atom. The average Bonchev–Trinajstić information content (AvgIpc) is 2.87. The molecule has 0 radical (unpaired) electrons. The number of halogens is 4. The van der Waals surface area contributed by atoms with Gasteiger partial charge >= 0.3 is 0 Å². The van der Waals surface area contributed by atoms with Gasteiger partial charge in [-0.15, -0.1) is 0 Å². The number of alkyl halides is 1. The van der Waals surface area contributed by atoms with E-state index in [9.17, 15) is 0 Å². The van der Waals surface area contributed by atoms with Crippen molar-refractivity contribution >= 4 is 59.4 Å². The highest BCUT2D eigenvalue weighted by Gasteiger charge is 2.24. The van der Waals surface area contributed by atoms with Crippen LogP contribution >= 0.6 is 59.4 Å². The van der Waals surface area contributed by atoms with E-state index in [-0.39, 0.29) is 4.83 Å². The zero-order valence-electron chi connectivity index (χ0n) is 10.3. The SMILES string of the molecule is Clc1cc2c(c(C(Br)c3cc(Br)ccc3Br)c1)OCC2. The van der Waals surface area contributed by atoms with Crippen LogP contribution < -0.4 is 4.74 Å². The predicted octanol–water partition coefficient (Wildman–Crippen LogP) is 6.28. The maximum Gasteiger partial charge on any atom is 0.127 e. The second-order valence-corrected chi connectivity index (χ2v) is 7.73. The molecule has 1 aliphatic rings. The van der Waals surface area contributed by atoms with Crippen molar-refractivity contribution < 1.29 is 4.74 Å². The highest BCUT2D eigenvalue weighted by molar-refractivity contribution is 9.11. The first-order valence-corrected chi connectivity index (χ1v) is 8.98. The fraction of sp³-hybridized carbons (Fsp3) is 0.200. The Morgan fingerprint density at radius 3 is 2.70 bits per heavy atom. The van der Waals surface area contributed by atoms with E-state index in [2.05, 4.69) is 53.9 Å². The maximum absolute atomic E-state index is 6.23. The molecule has 3 rings (SSSR count). The van der Waals surface area contributed by atoms with Gasteiger partial charge in [0.15, 0.2) is 0 Å². The summed E-state index contributed by atoms with van der Waals surface area (Å²) in [6.07, 6.45) is 0.919. The summed E-state index contributed by atoms with van der Waals surface area (Å²) in [5.41, 5.74) is 3.39. The first-order valence-electron chi connectivity index (χ1n) is 6.10. The van der Waals surface area contributed by atoms with Crippen LogP contribution in [0.25, 0.3) is 0 Å². The molecule has 0 bridgehead atoms. The molecule has 1 nitrogen and oxygen atoms in total. The number of hydrogen-bond donors (Lipinski definition) is 0. The minimum absolute atomic E-state index is 0.0277. The zero-order chi connectivity index (χ0) is 14.3. The fourth-order valence-corrected chi connectivity index (χ4v) is 4.49. The second-order valence-electron chi connectivity index (χ2n) is 4.61. The molecule has 104 valence electrons. The van der Waals surface area contributed by atoms with Gasteiger partial charge in [0.1, 0.15) is 5.75 Å². The molecule has 2 aromatic carbocycles. The van der Waals surface area contributed by atoms with Crippen LogP contribution in [-0.4, -0.2) is 6.61 Å². The third kappa shape index (κ3) is 2.80. The Hall–Kier alpha value is -0.0300. The summed E-state index contributed by atoms with van der Waals surface area (Å²) in [6, 6.07) is 10.1. The highest BCUT2D eigenvalue weighted by Crippen LogP contribution is 2.44. The van der Waals surface area contributed by atoms with E-state index in [1.54, 1.807) is 0 Å². The molecule has 1 heterocycles. The third-order valence-electron chi connectivity index (χ3n) is 3.28. The lowest BCUT2D eigenvalue weighted by molar-refractivity contribution is 0.354. The van der Waals surface area contributed by atoms with Gasteiger partial charge in [-0.2, -0.15) is 0 Å². The van der Waals surface area contributed by atoms with Crippen molar-refractivity contribution in [2.75, 3.05) is 6.61 Å². The van der Waals surface area contributed by atoms with Gasteiger partial charge < -0.3 is 4.74 Å². The summed E-state index contributed by atoms with van der Waals surface area (Å²) < 4.78 is 7.87. The van der Waals surface area contributed by atoms with Crippen LogP contribution in [0.15, 0.2) is 39.3 Å². The molecule has 0 spiro atoms. The molecular formula is C15H10Br3ClO. The molecule has 1 unspecified atom stereocenters. The molecule has 2 aromatic rings. The molecule has 0 saturated carbocycles. The highest BCUT2D eigenvalue weighted by atomic mass is 79.9. The van der Waals surface area contributed by atoms with E-state index in [1.165, 1.54) is 5.56 Å². The van der Waals surface area contributed by atoms with E-state index in [0.717, 1.165) is 43.9 Å². The van der Waals surface area contributed by atoms with E-state index in [1.807, 2.05) is 24.3 Å². The molecule has 0 saturated heterocycles. The van der Waals surface area contributed by atoms with Crippen molar-refractivity contribution in [1.29, 1.82) is 0 Å². The predicted molar refractivity (Wildman–Crippen MR) is 93.3 cm³/mol. The molecule has 1 atom stereocenters. The summed E-state index contributed by atoms with van der Waals surface area (Å²) >= 11 is 17.1. The minimum Gasteiger partial charge on any atom is -0.493 e. The van der Waals surface area contributed by atoms with Crippen LogP contribution in [0.3, 0.4) is 0 Å². The molecule has 0 fully saturated rings. The maximum atomic E-state index is 6.23. The Bertz CT molecular complexity index is 672. The molecule has 5 heteroatoms. The molecule has 0 amide bonds. The summed E-state index contributed by atoms with van der Waals surface area (Å²) in [7, 11) is 0. The van der Waals surface area contributed by atoms with Gasteiger partial charge in [-0.1, -0.05) is 59.4 Å². The standard InChI is InChI=1S/C15H10Br3ClO/c16-9-1-2-13(17)11(6-9)14(18)12-7-10(19)5-8-3-4-20-15(8)12/h1-2,5-7,14H,3-4H2. The lowest BCUT2D eigenvalue weighted by Crippen LogP contribution is -1.98. The van der Waals surface area contributed by atoms with Gasteiger partial charge in [-0.3, -0.25) is 0 Å². The minimum atomic E-state index is 0.0277. The average molecular weight is 481 g/mol. The fourth-order valence-electron chi connectivity index (χ4n) is 2.36. The summed E-state index contributed by atoms with van der Waals surface area (Å²) in [5.74, 6) is 0.961. The van der Waals surface area contributed by atoms with E-state index in [0.29, 0.717) is 0 Å². The number of rotatable bonds is 2. The van der Waals surface area contributed by atoms with Crippen LogP contribution in [0.1, 0.15) is 21.5 Å². The van der Waals surface area contributed by atoms with Crippen LogP contribution in [0.5, 0.6) is 5.75 Å². The van der Waals surface area contributed by atoms with Crippen molar-refractivity contribution in [2.45, 2.75) is 11.2 Å². The van der Waals surface area contributed by atoms with Gasteiger partial charge in [0, 0.05) is 26.0 Å². The van der Waals surface area contributed by atoms with Gasteiger partial charge in [-0.05, 0) is 41.5 Å². The molecule has 0 N–H and O–H groups in total. The van der Waals surface area contributed by atoms with E-state index >= 15 is 0 Å².